The van der Waals surface area contributed by atoms with Gasteiger partial charge in [-0.05, 0) is 27.6 Å². The lowest BCUT2D eigenvalue weighted by Gasteiger charge is -2.12. The highest BCUT2D eigenvalue weighted by molar-refractivity contribution is 9.10. The number of carboxylic acid groups (broad SMARTS) is 1. The molecule has 1 heterocycles. The Morgan fingerprint density at radius 3 is 2.83 bits per heavy atom. The van der Waals surface area contributed by atoms with Crippen LogP contribution in [0.15, 0.2) is 22.9 Å². The van der Waals surface area contributed by atoms with Crippen molar-refractivity contribution in [2.45, 2.75) is 18.7 Å². The highest BCUT2D eigenvalue weighted by Crippen LogP contribution is 2.16. The molecule has 2 N–H and O–H groups in total. The summed E-state index contributed by atoms with van der Waals surface area (Å²) in [7, 11) is 0. The molecule has 0 spiro atoms. The molecule has 0 bridgehead atoms. The molecule has 1 aromatic heterocycles. The molecule has 1 atom stereocenters. The highest BCUT2D eigenvalue weighted by atomic mass is 79.9. The topological polar surface area (TPSA) is 79.3 Å². The van der Waals surface area contributed by atoms with Crippen LogP contribution in [0.3, 0.4) is 0 Å². The van der Waals surface area contributed by atoms with Gasteiger partial charge in [0.25, 0.3) is 0 Å². The zero-order valence-corrected chi connectivity index (χ0v) is 12.1. The summed E-state index contributed by atoms with van der Waals surface area (Å²) in [6.45, 7) is 1.30. The van der Waals surface area contributed by atoms with E-state index < -0.39 is 12.0 Å². The molecule has 1 aromatic rings. The zero-order chi connectivity index (χ0) is 13.5. The smallest absolute Gasteiger partial charge is 0.327 e. The van der Waals surface area contributed by atoms with E-state index in [4.69, 9.17) is 5.11 Å². The second-order valence-electron chi connectivity index (χ2n) is 3.62. The molecule has 5 nitrogen and oxygen atoms in total. The Hall–Kier alpha value is -1.08. The van der Waals surface area contributed by atoms with Crippen molar-refractivity contribution in [3.63, 3.8) is 0 Å². The van der Waals surface area contributed by atoms with Gasteiger partial charge in [0.1, 0.15) is 6.04 Å². The number of carbonyl (C=O) groups is 2. The van der Waals surface area contributed by atoms with Gasteiger partial charge in [-0.25, -0.2) is 4.79 Å². The average molecular weight is 333 g/mol. The van der Waals surface area contributed by atoms with Crippen molar-refractivity contribution >= 4 is 39.6 Å². The van der Waals surface area contributed by atoms with Gasteiger partial charge in [-0.2, -0.15) is 11.8 Å². The lowest BCUT2D eigenvalue weighted by Crippen LogP contribution is -2.41. The summed E-state index contributed by atoms with van der Waals surface area (Å²) in [6, 6.07) is 1.07. The van der Waals surface area contributed by atoms with Gasteiger partial charge in [0.2, 0.25) is 5.91 Å². The first-order valence-corrected chi connectivity index (χ1v) is 7.11. The van der Waals surface area contributed by atoms with Crippen LogP contribution in [0.1, 0.15) is 12.5 Å². The molecular formula is C11H13BrN2O3S. The Balaban J connectivity index is 2.43. The fourth-order valence-corrected chi connectivity index (χ4v) is 2.63. The van der Waals surface area contributed by atoms with Gasteiger partial charge in [0, 0.05) is 35.3 Å². The lowest BCUT2D eigenvalue weighted by atomic mass is 10.3. The molecule has 0 aliphatic carbocycles. The van der Waals surface area contributed by atoms with Crippen LogP contribution in [0.4, 0.5) is 0 Å². The summed E-state index contributed by atoms with van der Waals surface area (Å²) < 4.78 is 0.886. The largest absolute Gasteiger partial charge is 0.480 e. The van der Waals surface area contributed by atoms with E-state index >= 15 is 0 Å². The Morgan fingerprint density at radius 2 is 2.28 bits per heavy atom. The number of pyridine rings is 1. The molecule has 0 saturated heterocycles. The van der Waals surface area contributed by atoms with Gasteiger partial charge in [0.05, 0.1) is 0 Å². The third-order valence-electron chi connectivity index (χ3n) is 1.99. The number of hydrogen-bond acceptors (Lipinski definition) is 4. The van der Waals surface area contributed by atoms with Gasteiger partial charge < -0.3 is 10.4 Å². The minimum Gasteiger partial charge on any atom is -0.480 e. The van der Waals surface area contributed by atoms with Crippen molar-refractivity contribution in [2.75, 3.05) is 5.75 Å². The SMILES string of the molecule is CC(=O)N[C@@H](CSCc1cncc(Br)c1)C(=O)O. The van der Waals surface area contributed by atoms with Gasteiger partial charge in [-0.1, -0.05) is 0 Å². The number of hydrogen-bond donors (Lipinski definition) is 2. The molecule has 98 valence electrons. The molecule has 1 rings (SSSR count). The average Bonchev–Trinajstić information content (AvgIpc) is 2.27. The van der Waals surface area contributed by atoms with Crippen LogP contribution in [0.2, 0.25) is 0 Å². The van der Waals surface area contributed by atoms with Crippen LogP contribution < -0.4 is 5.32 Å². The molecule has 0 radical (unpaired) electrons. The summed E-state index contributed by atoms with van der Waals surface area (Å²) in [5, 5.41) is 11.3. The molecule has 1 amide bonds. The number of nitrogens with one attached hydrogen (secondary N) is 1. The van der Waals surface area contributed by atoms with Crippen LogP contribution in [-0.2, 0) is 15.3 Å². The highest BCUT2D eigenvalue weighted by Gasteiger charge is 2.17. The van der Waals surface area contributed by atoms with Crippen LogP contribution in [-0.4, -0.2) is 33.8 Å². The Labute approximate surface area is 117 Å². The molecule has 0 aliphatic rings. The summed E-state index contributed by atoms with van der Waals surface area (Å²) >= 11 is 4.75. The number of rotatable bonds is 6. The summed E-state index contributed by atoms with van der Waals surface area (Å²) in [5.41, 5.74) is 1.00. The Kier molecular flexibility index (Phi) is 6.14. The summed E-state index contributed by atoms with van der Waals surface area (Å²) in [4.78, 5) is 25.7. The Bertz CT molecular complexity index is 442. The summed E-state index contributed by atoms with van der Waals surface area (Å²) in [5.74, 6) is -0.394. The third kappa shape index (κ3) is 5.50. The normalized spacial score (nSPS) is 11.9. The third-order valence-corrected chi connectivity index (χ3v) is 3.53. The molecule has 7 heteroatoms. The van der Waals surface area contributed by atoms with Crippen LogP contribution >= 0.6 is 27.7 Å². The molecule has 0 fully saturated rings. The van der Waals surface area contributed by atoms with Gasteiger partial charge in [0.15, 0.2) is 0 Å². The second-order valence-corrected chi connectivity index (χ2v) is 5.56. The number of aliphatic carboxylic acids is 1. The lowest BCUT2D eigenvalue weighted by molar-refractivity contribution is -0.140. The first-order chi connectivity index (χ1) is 8.49. The van der Waals surface area contributed by atoms with E-state index in [1.54, 1.807) is 12.4 Å². The van der Waals surface area contributed by atoms with E-state index in [1.165, 1.54) is 18.7 Å². The van der Waals surface area contributed by atoms with E-state index in [9.17, 15) is 9.59 Å². The molecular weight excluding hydrogens is 320 g/mol. The zero-order valence-electron chi connectivity index (χ0n) is 9.72. The number of thioether (sulfide) groups is 1. The van der Waals surface area contributed by atoms with Gasteiger partial charge in [-0.3, -0.25) is 9.78 Å². The first kappa shape index (κ1) is 15.0. The van der Waals surface area contributed by atoms with E-state index in [0.29, 0.717) is 11.5 Å². The molecule has 0 unspecified atom stereocenters. The van der Waals surface area contributed by atoms with Crippen molar-refractivity contribution in [3.8, 4) is 0 Å². The molecule has 0 saturated carbocycles. The number of nitrogens with zero attached hydrogens (tertiary/aromatic N) is 1. The maximum Gasteiger partial charge on any atom is 0.327 e. The van der Waals surface area contributed by atoms with Crippen LogP contribution in [0, 0.1) is 0 Å². The number of carboxylic acids is 1. The fourth-order valence-electron chi connectivity index (χ4n) is 1.25. The standard InChI is InChI=1S/C11H13BrN2O3S/c1-7(15)14-10(11(16)17)6-18-5-8-2-9(12)4-13-3-8/h2-4,10H,5-6H2,1H3,(H,14,15)(H,16,17)/t10-/m0/s1. The van der Waals surface area contributed by atoms with Crippen molar-refractivity contribution in [1.29, 1.82) is 0 Å². The minimum atomic E-state index is -1.02. The maximum absolute atomic E-state index is 10.9. The van der Waals surface area contributed by atoms with Gasteiger partial charge in [-0.15, -0.1) is 0 Å². The monoisotopic (exact) mass is 332 g/mol. The fraction of sp³-hybridized carbons (Fsp3) is 0.364. The number of carbonyl (C=O) groups excluding carboxylic acids is 1. The van der Waals surface area contributed by atoms with Crippen LogP contribution in [0.25, 0.3) is 0 Å². The molecule has 0 aromatic carbocycles. The maximum atomic E-state index is 10.9. The number of aromatic nitrogens is 1. The van der Waals surface area contributed by atoms with E-state index in [0.717, 1.165) is 10.0 Å². The number of amides is 1. The number of halogens is 1. The van der Waals surface area contributed by atoms with Crippen molar-refractivity contribution in [3.05, 3.63) is 28.5 Å². The molecule has 0 aliphatic heterocycles. The second kappa shape index (κ2) is 7.38. The predicted molar refractivity (Wildman–Crippen MR) is 73.3 cm³/mol. The van der Waals surface area contributed by atoms with E-state index in [-0.39, 0.29) is 5.91 Å². The van der Waals surface area contributed by atoms with Crippen molar-refractivity contribution in [1.82, 2.24) is 10.3 Å². The van der Waals surface area contributed by atoms with Gasteiger partial charge >= 0.3 is 5.97 Å². The van der Waals surface area contributed by atoms with Crippen molar-refractivity contribution in [2.24, 2.45) is 0 Å². The quantitative estimate of drug-likeness (QED) is 0.828. The van der Waals surface area contributed by atoms with Crippen molar-refractivity contribution < 1.29 is 14.7 Å². The molecule has 18 heavy (non-hydrogen) atoms. The Morgan fingerprint density at radius 1 is 1.56 bits per heavy atom. The first-order valence-electron chi connectivity index (χ1n) is 5.16. The van der Waals surface area contributed by atoms with Crippen LogP contribution in [0.5, 0.6) is 0 Å². The van der Waals surface area contributed by atoms with E-state index in [1.807, 2.05) is 6.07 Å². The minimum absolute atomic E-state index is 0.321. The predicted octanol–water partition coefficient (Wildman–Crippen LogP) is 1.67. The summed E-state index contributed by atoms with van der Waals surface area (Å²) in [6.07, 6.45) is 3.41. The van der Waals surface area contributed by atoms with E-state index in [2.05, 4.69) is 26.2 Å².